The van der Waals surface area contributed by atoms with Crippen molar-refractivity contribution in [2.45, 2.75) is 46.0 Å². The molecule has 0 bridgehead atoms. The normalized spacial score (nSPS) is 15.8. The molecule has 2 aromatic rings. The zero-order valence-corrected chi connectivity index (χ0v) is 16.4. The summed E-state index contributed by atoms with van der Waals surface area (Å²) in [5.41, 5.74) is 7.22. The summed E-state index contributed by atoms with van der Waals surface area (Å²) in [6.07, 6.45) is 5.26. The minimum atomic E-state index is -0.184. The Kier molecular flexibility index (Phi) is 5.94. The lowest BCUT2D eigenvalue weighted by Gasteiger charge is -2.26. The molecule has 1 aliphatic rings. The van der Waals surface area contributed by atoms with Crippen molar-refractivity contribution in [3.05, 3.63) is 86.6 Å². The van der Waals surface area contributed by atoms with E-state index in [-0.39, 0.29) is 17.4 Å². The molecule has 0 fully saturated rings. The Hall–Kier alpha value is -2.62. The maximum atomic E-state index is 11.4. The summed E-state index contributed by atoms with van der Waals surface area (Å²) in [4.78, 5) is 13.5. The van der Waals surface area contributed by atoms with E-state index in [4.69, 9.17) is 0 Å². The highest BCUT2D eigenvalue weighted by atomic mass is 16.6. The SMILES string of the molecule is Cc1cc(C)c(N2C=C(C(C[N+](=O)[O-])c3ccccc3)CCCC2)c(C)c1. The molecule has 0 aromatic heterocycles. The van der Waals surface area contributed by atoms with Crippen LogP contribution in [0.3, 0.4) is 0 Å². The van der Waals surface area contributed by atoms with Crippen LogP contribution in [0.5, 0.6) is 0 Å². The molecule has 1 heterocycles. The van der Waals surface area contributed by atoms with E-state index >= 15 is 0 Å². The Labute approximate surface area is 161 Å². The van der Waals surface area contributed by atoms with Crippen molar-refractivity contribution in [3.8, 4) is 0 Å². The number of hydrogen-bond acceptors (Lipinski definition) is 3. The van der Waals surface area contributed by atoms with Crippen molar-refractivity contribution < 1.29 is 4.92 Å². The quantitative estimate of drug-likeness (QED) is 0.516. The van der Waals surface area contributed by atoms with E-state index in [1.807, 2.05) is 30.3 Å². The van der Waals surface area contributed by atoms with Crippen molar-refractivity contribution in [2.24, 2.45) is 0 Å². The summed E-state index contributed by atoms with van der Waals surface area (Å²) >= 11 is 0. The minimum Gasteiger partial charge on any atom is -0.348 e. The lowest BCUT2D eigenvalue weighted by atomic mass is 9.89. The number of rotatable bonds is 5. The van der Waals surface area contributed by atoms with Gasteiger partial charge in [0.05, 0.1) is 5.92 Å². The van der Waals surface area contributed by atoms with E-state index in [1.165, 1.54) is 22.4 Å². The van der Waals surface area contributed by atoms with E-state index in [0.29, 0.717) is 0 Å². The fourth-order valence-electron chi connectivity index (χ4n) is 4.28. The zero-order chi connectivity index (χ0) is 19.4. The number of aryl methyl sites for hydroxylation is 3. The highest BCUT2D eigenvalue weighted by Crippen LogP contribution is 2.34. The number of nitro groups is 1. The van der Waals surface area contributed by atoms with Crippen LogP contribution in [0.2, 0.25) is 0 Å². The highest BCUT2D eigenvalue weighted by Gasteiger charge is 2.25. The van der Waals surface area contributed by atoms with Gasteiger partial charge in [0, 0.05) is 23.4 Å². The summed E-state index contributed by atoms with van der Waals surface area (Å²) in [5, 5.41) is 11.4. The summed E-state index contributed by atoms with van der Waals surface area (Å²) in [6, 6.07) is 14.3. The third kappa shape index (κ3) is 4.57. The van der Waals surface area contributed by atoms with Crippen molar-refractivity contribution in [3.63, 3.8) is 0 Å². The third-order valence-electron chi connectivity index (χ3n) is 5.34. The molecule has 4 nitrogen and oxygen atoms in total. The molecule has 4 heteroatoms. The Morgan fingerprint density at radius 1 is 1.07 bits per heavy atom. The van der Waals surface area contributed by atoms with Gasteiger partial charge in [0.1, 0.15) is 0 Å². The smallest absolute Gasteiger partial charge is 0.214 e. The second kappa shape index (κ2) is 8.38. The molecule has 0 saturated carbocycles. The minimum absolute atomic E-state index is 0.0600. The molecular formula is C23H28N2O2. The maximum Gasteiger partial charge on any atom is 0.214 e. The Bertz CT molecular complexity index is 820. The number of benzene rings is 2. The van der Waals surface area contributed by atoms with E-state index in [9.17, 15) is 10.1 Å². The summed E-state index contributed by atoms with van der Waals surface area (Å²) < 4.78 is 0. The summed E-state index contributed by atoms with van der Waals surface area (Å²) in [6.45, 7) is 7.32. The van der Waals surface area contributed by atoms with E-state index in [2.05, 4.69) is 44.0 Å². The largest absolute Gasteiger partial charge is 0.348 e. The molecule has 27 heavy (non-hydrogen) atoms. The molecule has 0 aliphatic carbocycles. The third-order valence-corrected chi connectivity index (χ3v) is 5.34. The summed E-state index contributed by atoms with van der Waals surface area (Å²) in [5.74, 6) is -0.173. The van der Waals surface area contributed by atoms with Crippen LogP contribution < -0.4 is 4.90 Å². The van der Waals surface area contributed by atoms with E-state index < -0.39 is 0 Å². The molecule has 142 valence electrons. The summed E-state index contributed by atoms with van der Waals surface area (Å²) in [7, 11) is 0. The number of hydrogen-bond donors (Lipinski definition) is 0. The molecule has 0 amide bonds. The second-order valence-electron chi connectivity index (χ2n) is 7.58. The fourth-order valence-corrected chi connectivity index (χ4v) is 4.28. The molecule has 1 atom stereocenters. The topological polar surface area (TPSA) is 46.4 Å². The monoisotopic (exact) mass is 364 g/mol. The Morgan fingerprint density at radius 3 is 2.37 bits per heavy atom. The van der Waals surface area contributed by atoms with Gasteiger partial charge < -0.3 is 4.90 Å². The van der Waals surface area contributed by atoms with Crippen LogP contribution in [-0.4, -0.2) is 18.0 Å². The highest BCUT2D eigenvalue weighted by molar-refractivity contribution is 5.62. The van der Waals surface area contributed by atoms with Gasteiger partial charge in [-0.3, -0.25) is 10.1 Å². The molecule has 1 aliphatic heterocycles. The van der Waals surface area contributed by atoms with Crippen molar-refractivity contribution >= 4 is 5.69 Å². The van der Waals surface area contributed by atoms with Gasteiger partial charge in [0.2, 0.25) is 6.54 Å². The zero-order valence-electron chi connectivity index (χ0n) is 16.4. The van der Waals surface area contributed by atoms with Crippen LogP contribution in [0.15, 0.2) is 54.2 Å². The van der Waals surface area contributed by atoms with Crippen molar-refractivity contribution in [1.82, 2.24) is 0 Å². The molecule has 0 radical (unpaired) electrons. The molecule has 1 unspecified atom stereocenters. The van der Waals surface area contributed by atoms with Crippen molar-refractivity contribution in [2.75, 3.05) is 18.0 Å². The molecule has 0 N–H and O–H groups in total. The van der Waals surface area contributed by atoms with Gasteiger partial charge in [-0.1, -0.05) is 48.0 Å². The van der Waals surface area contributed by atoms with Gasteiger partial charge in [-0.15, -0.1) is 0 Å². The first-order chi connectivity index (χ1) is 13.0. The molecule has 0 saturated heterocycles. The van der Waals surface area contributed by atoms with Gasteiger partial charge in [0.25, 0.3) is 0 Å². The molecule has 2 aromatic carbocycles. The van der Waals surface area contributed by atoms with E-state index in [1.54, 1.807) is 0 Å². The fraction of sp³-hybridized carbons (Fsp3) is 0.391. The predicted octanol–water partition coefficient (Wildman–Crippen LogP) is 5.55. The van der Waals surface area contributed by atoms with Crippen LogP contribution >= 0.6 is 0 Å². The van der Waals surface area contributed by atoms with Gasteiger partial charge in [0.15, 0.2) is 0 Å². The molecule has 3 rings (SSSR count). The molecule has 0 spiro atoms. The van der Waals surface area contributed by atoms with Crippen molar-refractivity contribution in [1.29, 1.82) is 0 Å². The van der Waals surface area contributed by atoms with E-state index in [0.717, 1.165) is 36.9 Å². The maximum absolute atomic E-state index is 11.4. The predicted molar refractivity (Wildman–Crippen MR) is 111 cm³/mol. The lowest BCUT2D eigenvalue weighted by Crippen LogP contribution is -2.21. The second-order valence-corrected chi connectivity index (χ2v) is 7.58. The van der Waals surface area contributed by atoms with Gasteiger partial charge in [-0.2, -0.15) is 0 Å². The lowest BCUT2D eigenvalue weighted by molar-refractivity contribution is -0.482. The Morgan fingerprint density at radius 2 is 1.74 bits per heavy atom. The van der Waals surface area contributed by atoms with Gasteiger partial charge in [-0.05, 0) is 62.3 Å². The van der Waals surface area contributed by atoms with Crippen LogP contribution in [0, 0.1) is 30.9 Å². The first-order valence-corrected chi connectivity index (χ1v) is 9.67. The van der Waals surface area contributed by atoms with Crippen LogP contribution in [-0.2, 0) is 0 Å². The number of anilines is 1. The Balaban J connectivity index is 2.03. The van der Waals surface area contributed by atoms with Gasteiger partial charge in [-0.25, -0.2) is 0 Å². The number of nitrogens with zero attached hydrogens (tertiary/aromatic N) is 2. The first kappa shape index (κ1) is 19.2. The van der Waals surface area contributed by atoms with Crippen LogP contribution in [0.4, 0.5) is 5.69 Å². The average molecular weight is 364 g/mol. The molecular weight excluding hydrogens is 336 g/mol. The average Bonchev–Trinajstić information content (AvgIpc) is 2.85. The van der Waals surface area contributed by atoms with Crippen LogP contribution in [0.25, 0.3) is 0 Å². The first-order valence-electron chi connectivity index (χ1n) is 9.67. The standard InChI is InChI=1S/C23H28N2O2/c1-17-13-18(2)23(19(3)14-17)24-12-8-7-11-21(15-24)22(16-25(26)27)20-9-5-4-6-10-20/h4-6,9-10,13-15,22H,7-8,11-12,16H2,1-3H3. The van der Waals surface area contributed by atoms with Gasteiger partial charge >= 0.3 is 0 Å². The van der Waals surface area contributed by atoms with Crippen LogP contribution in [0.1, 0.15) is 47.4 Å².